The molecule has 2 N–H and O–H groups in total. The Morgan fingerprint density at radius 2 is 2.25 bits per heavy atom. The van der Waals surface area contributed by atoms with Crippen LogP contribution in [0.25, 0.3) is 0 Å². The van der Waals surface area contributed by atoms with Crippen LogP contribution in [0.3, 0.4) is 0 Å². The topological polar surface area (TPSA) is 26.0 Å². The molecule has 2 aliphatic rings. The molecule has 1 heterocycles. The Morgan fingerprint density at radius 1 is 1.50 bits per heavy atom. The van der Waals surface area contributed by atoms with Crippen molar-refractivity contribution in [2.45, 2.75) is 31.9 Å². The highest BCUT2D eigenvalue weighted by Gasteiger charge is 2.59. The summed E-state index contributed by atoms with van der Waals surface area (Å²) in [5.74, 6) is 3.12. The minimum Gasteiger partial charge on any atom is -0.330 e. The second-order valence-electron chi connectivity index (χ2n) is 4.74. The summed E-state index contributed by atoms with van der Waals surface area (Å²) in [6.45, 7) is 5.66. The maximum Gasteiger partial charge on any atom is 0.00841 e. The van der Waals surface area contributed by atoms with Gasteiger partial charge in [0.15, 0.2) is 0 Å². The lowest BCUT2D eigenvalue weighted by molar-refractivity contribution is 0.524. The van der Waals surface area contributed by atoms with Crippen molar-refractivity contribution in [1.82, 2.24) is 0 Å². The van der Waals surface area contributed by atoms with Crippen LogP contribution >= 0.6 is 11.8 Å². The summed E-state index contributed by atoms with van der Waals surface area (Å²) in [5, 5.41) is 0.938. The minimum absolute atomic E-state index is 0.552. The second kappa shape index (κ2) is 2.91. The monoisotopic (exact) mass is 185 g/mol. The van der Waals surface area contributed by atoms with E-state index < -0.39 is 0 Å². The molecule has 2 fully saturated rings. The van der Waals surface area contributed by atoms with Gasteiger partial charge in [-0.1, -0.05) is 13.8 Å². The highest BCUT2D eigenvalue weighted by atomic mass is 32.2. The Labute approximate surface area is 79.5 Å². The molecule has 1 saturated heterocycles. The van der Waals surface area contributed by atoms with Crippen molar-refractivity contribution in [2.24, 2.45) is 23.0 Å². The molecule has 0 aromatic carbocycles. The van der Waals surface area contributed by atoms with Crippen LogP contribution in [0, 0.1) is 17.3 Å². The first-order chi connectivity index (χ1) is 5.68. The second-order valence-corrected chi connectivity index (χ2v) is 6.09. The molecule has 3 atom stereocenters. The molecule has 1 nitrogen and oxygen atoms in total. The number of hydrogen-bond acceptors (Lipinski definition) is 2. The molecule has 0 bridgehead atoms. The van der Waals surface area contributed by atoms with Crippen LogP contribution in [-0.2, 0) is 0 Å². The molecule has 1 saturated carbocycles. The molecule has 1 aliphatic carbocycles. The highest BCUT2D eigenvalue weighted by molar-refractivity contribution is 8.00. The summed E-state index contributed by atoms with van der Waals surface area (Å²) >= 11 is 2.18. The summed E-state index contributed by atoms with van der Waals surface area (Å²) in [5.41, 5.74) is 6.31. The zero-order valence-electron chi connectivity index (χ0n) is 8.05. The number of rotatable bonds is 2. The van der Waals surface area contributed by atoms with E-state index in [9.17, 15) is 0 Å². The van der Waals surface area contributed by atoms with E-state index in [2.05, 4.69) is 25.6 Å². The van der Waals surface area contributed by atoms with Gasteiger partial charge in [-0.2, -0.15) is 11.8 Å². The van der Waals surface area contributed by atoms with Crippen LogP contribution in [0.4, 0.5) is 0 Å². The van der Waals surface area contributed by atoms with Crippen LogP contribution in [0.2, 0.25) is 0 Å². The summed E-state index contributed by atoms with van der Waals surface area (Å²) < 4.78 is 0. The van der Waals surface area contributed by atoms with Gasteiger partial charge in [-0.25, -0.2) is 0 Å². The molecule has 0 radical (unpaired) electrons. The van der Waals surface area contributed by atoms with Gasteiger partial charge in [0.1, 0.15) is 0 Å². The minimum atomic E-state index is 0.552. The molecule has 0 aromatic heterocycles. The molecule has 2 heteroatoms. The van der Waals surface area contributed by atoms with Crippen molar-refractivity contribution in [3.8, 4) is 0 Å². The van der Waals surface area contributed by atoms with Gasteiger partial charge in [0.25, 0.3) is 0 Å². The molecule has 0 spiro atoms. The van der Waals surface area contributed by atoms with E-state index in [4.69, 9.17) is 5.73 Å². The fraction of sp³-hybridized carbons (Fsp3) is 1.00. The van der Waals surface area contributed by atoms with Gasteiger partial charge in [0.05, 0.1) is 0 Å². The average Bonchev–Trinajstić information content (AvgIpc) is 2.50. The van der Waals surface area contributed by atoms with Crippen molar-refractivity contribution < 1.29 is 0 Å². The van der Waals surface area contributed by atoms with Gasteiger partial charge in [-0.15, -0.1) is 0 Å². The van der Waals surface area contributed by atoms with Gasteiger partial charge >= 0.3 is 0 Å². The zero-order valence-corrected chi connectivity index (χ0v) is 8.86. The van der Waals surface area contributed by atoms with Crippen molar-refractivity contribution in [2.75, 3.05) is 12.3 Å². The summed E-state index contributed by atoms with van der Waals surface area (Å²) in [4.78, 5) is 0. The fourth-order valence-corrected chi connectivity index (χ4v) is 4.58. The van der Waals surface area contributed by atoms with Crippen molar-refractivity contribution >= 4 is 11.8 Å². The third kappa shape index (κ3) is 1.20. The lowest BCUT2D eigenvalue weighted by atomic mass is 10.1. The summed E-state index contributed by atoms with van der Waals surface area (Å²) in [6, 6.07) is 0. The lowest BCUT2D eigenvalue weighted by Crippen LogP contribution is -2.08. The summed E-state index contributed by atoms with van der Waals surface area (Å²) in [6.07, 6.45) is 2.87. The Kier molecular flexibility index (Phi) is 2.16. The molecule has 1 aliphatic heterocycles. The third-order valence-corrected chi connectivity index (χ3v) is 5.24. The van der Waals surface area contributed by atoms with Crippen LogP contribution in [0.5, 0.6) is 0 Å². The number of thioether (sulfide) groups is 1. The predicted octanol–water partition coefficient (Wildman–Crippen LogP) is 2.11. The molecular weight excluding hydrogens is 166 g/mol. The molecule has 70 valence electrons. The maximum absolute atomic E-state index is 5.76. The quantitative estimate of drug-likeness (QED) is 0.713. The van der Waals surface area contributed by atoms with Crippen LogP contribution in [-0.4, -0.2) is 17.5 Å². The summed E-state index contributed by atoms with van der Waals surface area (Å²) in [7, 11) is 0. The van der Waals surface area contributed by atoms with Gasteiger partial charge in [0, 0.05) is 5.25 Å². The number of nitrogens with two attached hydrogens (primary N) is 1. The molecule has 12 heavy (non-hydrogen) atoms. The normalized spacial score (nSPS) is 44.8. The molecule has 2 rings (SSSR count). The fourth-order valence-electron chi connectivity index (χ4n) is 2.86. The first-order valence-electron chi connectivity index (χ1n) is 4.99. The SMILES string of the molecule is CC1(C)[C@H](CN)[C@H]1C1CCCS1. The Hall–Kier alpha value is 0.310. The largest absolute Gasteiger partial charge is 0.330 e. The van der Waals surface area contributed by atoms with E-state index in [1.165, 1.54) is 18.6 Å². The molecule has 0 aromatic rings. The van der Waals surface area contributed by atoms with E-state index in [-0.39, 0.29) is 0 Å². The predicted molar refractivity (Wildman–Crippen MR) is 55.3 cm³/mol. The van der Waals surface area contributed by atoms with E-state index in [0.29, 0.717) is 5.41 Å². The maximum atomic E-state index is 5.76. The van der Waals surface area contributed by atoms with Crippen LogP contribution in [0.1, 0.15) is 26.7 Å². The molecule has 0 amide bonds. The van der Waals surface area contributed by atoms with Crippen molar-refractivity contribution in [3.05, 3.63) is 0 Å². The third-order valence-electron chi connectivity index (χ3n) is 3.76. The Bertz CT molecular complexity index is 173. The van der Waals surface area contributed by atoms with Crippen molar-refractivity contribution in [1.29, 1.82) is 0 Å². The average molecular weight is 185 g/mol. The number of hydrogen-bond donors (Lipinski definition) is 1. The van der Waals surface area contributed by atoms with E-state index in [1.807, 2.05) is 0 Å². The Morgan fingerprint density at radius 3 is 2.67 bits per heavy atom. The first-order valence-corrected chi connectivity index (χ1v) is 6.04. The highest BCUT2D eigenvalue weighted by Crippen LogP contribution is 2.63. The Balaban J connectivity index is 1.97. The zero-order chi connectivity index (χ0) is 8.77. The lowest BCUT2D eigenvalue weighted by Gasteiger charge is -2.09. The molecular formula is C10H19NS. The standard InChI is InChI=1S/C10H19NS/c1-10(2)7(6-11)9(10)8-4-3-5-12-8/h7-9H,3-6,11H2,1-2H3/t7-,8?,9+/m1/s1. The van der Waals surface area contributed by atoms with Gasteiger partial charge < -0.3 is 5.73 Å². The van der Waals surface area contributed by atoms with Crippen LogP contribution < -0.4 is 5.73 Å². The van der Waals surface area contributed by atoms with Gasteiger partial charge in [-0.3, -0.25) is 0 Å². The van der Waals surface area contributed by atoms with E-state index in [0.717, 1.165) is 23.6 Å². The van der Waals surface area contributed by atoms with Crippen LogP contribution in [0.15, 0.2) is 0 Å². The van der Waals surface area contributed by atoms with Gasteiger partial charge in [0.2, 0.25) is 0 Å². The van der Waals surface area contributed by atoms with Gasteiger partial charge in [-0.05, 0) is 42.4 Å². The smallest absolute Gasteiger partial charge is 0.00841 e. The van der Waals surface area contributed by atoms with Crippen molar-refractivity contribution in [3.63, 3.8) is 0 Å². The van der Waals surface area contributed by atoms with E-state index >= 15 is 0 Å². The molecule has 1 unspecified atom stereocenters. The first kappa shape index (κ1) is 8.89. The van der Waals surface area contributed by atoms with E-state index in [1.54, 1.807) is 0 Å².